The lowest BCUT2D eigenvalue weighted by Gasteiger charge is -2.38. The standard InChI is InChI=1S/C16H19F3N2O3S.CH4S/c1-15(25-11-4-2-3-10(7-11)16(17,18)19)5-6-24-13(9-15)12(21-23)8-14(20)22;1-2/h2-4,7-8,13,21,23H,5-6,9H2,1H3,(H2,20,22);2H,1H3/b12-8-;. The molecule has 1 saturated heterocycles. The lowest BCUT2D eigenvalue weighted by Crippen LogP contribution is -2.39. The monoisotopic (exact) mass is 424 g/mol. The number of halogens is 3. The maximum Gasteiger partial charge on any atom is 0.416 e. The maximum atomic E-state index is 12.9. The van der Waals surface area contributed by atoms with Crippen molar-refractivity contribution in [1.29, 1.82) is 0 Å². The van der Waals surface area contributed by atoms with Crippen molar-refractivity contribution < 1.29 is 27.9 Å². The molecule has 1 aromatic rings. The van der Waals surface area contributed by atoms with E-state index in [9.17, 15) is 23.2 Å². The molecule has 1 fully saturated rings. The third-order valence-electron chi connectivity index (χ3n) is 3.87. The van der Waals surface area contributed by atoms with Crippen LogP contribution in [-0.2, 0) is 15.7 Å². The van der Waals surface area contributed by atoms with Crippen LogP contribution in [0.2, 0.25) is 0 Å². The van der Waals surface area contributed by atoms with Crippen LogP contribution < -0.4 is 11.2 Å². The van der Waals surface area contributed by atoms with E-state index in [1.54, 1.807) is 12.3 Å². The highest BCUT2D eigenvalue weighted by Crippen LogP contribution is 2.44. The molecule has 0 saturated carbocycles. The van der Waals surface area contributed by atoms with Crippen LogP contribution >= 0.6 is 24.4 Å². The van der Waals surface area contributed by atoms with Crippen LogP contribution in [0.5, 0.6) is 0 Å². The molecule has 27 heavy (non-hydrogen) atoms. The quantitative estimate of drug-likeness (QED) is 0.330. The maximum absolute atomic E-state index is 12.9. The number of amides is 1. The highest BCUT2D eigenvalue weighted by atomic mass is 32.2. The van der Waals surface area contributed by atoms with Gasteiger partial charge in [0.2, 0.25) is 5.91 Å². The van der Waals surface area contributed by atoms with Gasteiger partial charge in [0, 0.05) is 22.3 Å². The van der Waals surface area contributed by atoms with Gasteiger partial charge in [-0.05, 0) is 44.2 Å². The topological polar surface area (TPSA) is 84.6 Å². The van der Waals surface area contributed by atoms with E-state index in [0.29, 0.717) is 24.3 Å². The lowest BCUT2D eigenvalue weighted by atomic mass is 9.94. The Balaban J connectivity index is 0.00000176. The first-order chi connectivity index (χ1) is 12.6. The summed E-state index contributed by atoms with van der Waals surface area (Å²) in [6.45, 7) is 2.25. The number of hydrogen-bond donors (Lipinski definition) is 4. The minimum absolute atomic E-state index is 0.128. The van der Waals surface area contributed by atoms with E-state index in [1.165, 1.54) is 17.8 Å². The zero-order valence-corrected chi connectivity index (χ0v) is 16.6. The summed E-state index contributed by atoms with van der Waals surface area (Å²) in [7, 11) is 0. The summed E-state index contributed by atoms with van der Waals surface area (Å²) >= 11 is 4.84. The van der Waals surface area contributed by atoms with Crippen molar-refractivity contribution in [2.24, 2.45) is 5.73 Å². The van der Waals surface area contributed by atoms with Gasteiger partial charge < -0.3 is 10.5 Å². The first-order valence-corrected chi connectivity index (χ1v) is 9.68. The zero-order chi connectivity index (χ0) is 20.7. The Bertz CT molecular complexity index is 671. The Morgan fingerprint density at radius 3 is 2.70 bits per heavy atom. The number of thiol groups is 1. The van der Waals surface area contributed by atoms with Gasteiger partial charge in [0.15, 0.2) is 0 Å². The average molecular weight is 425 g/mol. The fraction of sp³-hybridized carbons (Fsp3) is 0.471. The minimum atomic E-state index is -4.39. The molecule has 0 aromatic heterocycles. The van der Waals surface area contributed by atoms with Crippen molar-refractivity contribution >= 4 is 30.3 Å². The van der Waals surface area contributed by atoms with Gasteiger partial charge >= 0.3 is 6.18 Å². The van der Waals surface area contributed by atoms with Gasteiger partial charge in [-0.1, -0.05) is 6.07 Å². The van der Waals surface area contributed by atoms with Crippen molar-refractivity contribution in [3.8, 4) is 0 Å². The molecule has 4 N–H and O–H groups in total. The van der Waals surface area contributed by atoms with Crippen molar-refractivity contribution in [1.82, 2.24) is 5.48 Å². The summed E-state index contributed by atoms with van der Waals surface area (Å²) in [5.41, 5.74) is 6.43. The molecule has 0 aliphatic carbocycles. The number of hydroxylamine groups is 1. The van der Waals surface area contributed by atoms with Gasteiger partial charge in [0.1, 0.15) is 6.10 Å². The third kappa shape index (κ3) is 7.28. The molecule has 1 aliphatic heterocycles. The van der Waals surface area contributed by atoms with Crippen molar-refractivity contribution in [2.75, 3.05) is 12.9 Å². The van der Waals surface area contributed by atoms with Gasteiger partial charge in [-0.3, -0.25) is 15.5 Å². The highest BCUT2D eigenvalue weighted by Gasteiger charge is 2.37. The summed E-state index contributed by atoms with van der Waals surface area (Å²) < 4.78 is 43.7. The van der Waals surface area contributed by atoms with Crippen molar-refractivity contribution in [2.45, 2.75) is 41.7 Å². The van der Waals surface area contributed by atoms with Crippen LogP contribution in [0.1, 0.15) is 25.3 Å². The zero-order valence-electron chi connectivity index (χ0n) is 14.9. The van der Waals surface area contributed by atoms with Crippen LogP contribution in [0.3, 0.4) is 0 Å². The Morgan fingerprint density at radius 2 is 2.15 bits per heavy atom. The van der Waals surface area contributed by atoms with Gasteiger partial charge in [0.25, 0.3) is 0 Å². The van der Waals surface area contributed by atoms with Crippen molar-refractivity contribution in [3.05, 3.63) is 41.6 Å². The van der Waals surface area contributed by atoms with Crippen LogP contribution in [0.4, 0.5) is 13.2 Å². The van der Waals surface area contributed by atoms with Crippen LogP contribution in [0.15, 0.2) is 40.9 Å². The Kier molecular flexibility index (Phi) is 9.00. The molecule has 0 radical (unpaired) electrons. The van der Waals surface area contributed by atoms with Crippen LogP contribution in [0.25, 0.3) is 0 Å². The number of nitrogens with two attached hydrogens (primary N) is 1. The molecular formula is C17H23F3N2O3S2. The molecule has 0 spiro atoms. The number of primary amides is 1. The summed E-state index contributed by atoms with van der Waals surface area (Å²) in [6.07, 6.45) is -1.27. The predicted octanol–water partition coefficient (Wildman–Crippen LogP) is 3.63. The largest absolute Gasteiger partial charge is 0.416 e. The fourth-order valence-electron chi connectivity index (χ4n) is 2.63. The van der Waals surface area contributed by atoms with E-state index in [1.807, 2.05) is 12.4 Å². The number of thioether (sulfide) groups is 1. The summed E-state index contributed by atoms with van der Waals surface area (Å²) in [4.78, 5) is 11.5. The number of carbonyl (C=O) groups excluding carboxylic acids is 1. The molecule has 1 aliphatic rings. The number of rotatable bonds is 5. The number of hydrogen-bond acceptors (Lipinski definition) is 6. The second-order valence-corrected chi connectivity index (χ2v) is 7.67. The Labute approximate surface area is 165 Å². The van der Waals surface area contributed by atoms with Crippen LogP contribution in [0, 0.1) is 0 Å². The first-order valence-electron chi connectivity index (χ1n) is 7.97. The third-order valence-corrected chi connectivity index (χ3v) is 5.22. The van der Waals surface area contributed by atoms with Gasteiger partial charge in [-0.2, -0.15) is 25.8 Å². The molecule has 2 rings (SSSR count). The average Bonchev–Trinajstić information content (AvgIpc) is 2.60. The van der Waals surface area contributed by atoms with E-state index in [2.05, 4.69) is 12.6 Å². The van der Waals surface area contributed by atoms with E-state index in [4.69, 9.17) is 10.5 Å². The molecule has 152 valence electrons. The number of ether oxygens (including phenoxy) is 1. The molecule has 10 heteroatoms. The second kappa shape index (κ2) is 10.3. The second-order valence-electron chi connectivity index (χ2n) is 6.00. The smallest absolute Gasteiger partial charge is 0.372 e. The van der Waals surface area contributed by atoms with Crippen molar-refractivity contribution in [3.63, 3.8) is 0 Å². The molecule has 1 aromatic carbocycles. The fourth-order valence-corrected chi connectivity index (χ4v) is 3.96. The van der Waals surface area contributed by atoms with E-state index in [0.717, 1.165) is 18.2 Å². The normalized spacial score (nSPS) is 23.2. The van der Waals surface area contributed by atoms with Gasteiger partial charge in [-0.15, -0.1) is 11.8 Å². The number of benzene rings is 1. The predicted molar refractivity (Wildman–Crippen MR) is 102 cm³/mol. The first kappa shape index (κ1) is 23.7. The highest BCUT2D eigenvalue weighted by molar-refractivity contribution is 8.00. The summed E-state index contributed by atoms with van der Waals surface area (Å²) in [5, 5.41) is 9.18. The molecule has 1 heterocycles. The molecule has 2 unspecified atom stereocenters. The number of carbonyl (C=O) groups is 1. The van der Waals surface area contributed by atoms with E-state index >= 15 is 0 Å². The van der Waals surface area contributed by atoms with Crippen LogP contribution in [-0.4, -0.2) is 34.8 Å². The van der Waals surface area contributed by atoms with Gasteiger partial charge in [-0.25, -0.2) is 0 Å². The molecule has 0 bridgehead atoms. The molecular weight excluding hydrogens is 401 g/mol. The number of nitrogens with one attached hydrogen (secondary N) is 1. The Morgan fingerprint density at radius 1 is 1.48 bits per heavy atom. The summed E-state index contributed by atoms with van der Waals surface area (Å²) in [5.74, 6) is -0.738. The summed E-state index contributed by atoms with van der Waals surface area (Å²) in [6, 6.07) is 5.15. The number of alkyl halides is 3. The molecule has 2 atom stereocenters. The SMILES string of the molecule is CC1(Sc2cccc(C(F)(F)F)c2)CCOC(/C(=C/C(N)=O)NO)C1.CS. The van der Waals surface area contributed by atoms with E-state index in [-0.39, 0.29) is 5.70 Å². The molecule has 5 nitrogen and oxygen atoms in total. The Hall–Kier alpha value is -1.36. The molecule has 1 amide bonds. The lowest BCUT2D eigenvalue weighted by molar-refractivity contribution is -0.137. The minimum Gasteiger partial charge on any atom is -0.372 e. The van der Waals surface area contributed by atoms with E-state index < -0.39 is 28.5 Å². The van der Waals surface area contributed by atoms with Gasteiger partial charge in [0.05, 0.1) is 11.3 Å².